The van der Waals surface area contributed by atoms with Crippen LogP contribution in [0.3, 0.4) is 0 Å². The van der Waals surface area contributed by atoms with Gasteiger partial charge >= 0.3 is 0 Å². The van der Waals surface area contributed by atoms with Crippen molar-refractivity contribution in [3.8, 4) is 0 Å². The first-order valence-corrected chi connectivity index (χ1v) is 12.5. The molecule has 2 saturated heterocycles. The Morgan fingerprint density at radius 1 is 0.939 bits per heavy atom. The maximum atomic E-state index is 13.5. The van der Waals surface area contributed by atoms with E-state index in [1.807, 2.05) is 18.0 Å². The number of carbonyl (C=O) groups excluding carboxylic acids is 1. The molecule has 2 aromatic rings. The minimum Gasteiger partial charge on any atom is -0.383 e. The molecule has 0 saturated carbocycles. The Balaban J connectivity index is 1.39. The van der Waals surface area contributed by atoms with Crippen molar-refractivity contribution in [2.24, 2.45) is 5.92 Å². The Morgan fingerprint density at radius 2 is 1.67 bits per heavy atom. The van der Waals surface area contributed by atoms with Crippen molar-refractivity contribution in [2.75, 3.05) is 45.3 Å². The molecule has 1 amide bonds. The number of ether oxygens (including phenoxy) is 1. The van der Waals surface area contributed by atoms with Crippen molar-refractivity contribution >= 4 is 11.6 Å². The highest BCUT2D eigenvalue weighted by molar-refractivity contribution is 5.79. The summed E-state index contributed by atoms with van der Waals surface area (Å²) in [5, 5.41) is 0. The van der Waals surface area contributed by atoms with Crippen molar-refractivity contribution < 1.29 is 9.53 Å². The van der Waals surface area contributed by atoms with Gasteiger partial charge in [0.1, 0.15) is 0 Å². The Labute approximate surface area is 199 Å². The van der Waals surface area contributed by atoms with E-state index in [-0.39, 0.29) is 17.9 Å². The lowest BCUT2D eigenvalue weighted by Gasteiger charge is -2.41. The van der Waals surface area contributed by atoms with Crippen molar-refractivity contribution in [1.82, 2.24) is 9.80 Å². The van der Waals surface area contributed by atoms with Crippen molar-refractivity contribution in [3.05, 3.63) is 65.7 Å². The summed E-state index contributed by atoms with van der Waals surface area (Å²) >= 11 is 0. The van der Waals surface area contributed by atoms with E-state index in [0.29, 0.717) is 13.2 Å². The standard InChI is InChI=1S/C28H39N3O2/c1-29(20-24-13-15-25(16-14-24)30-17-7-4-8-18-30)28(32)26-12-9-19-31(27(26)22-33-2)21-23-10-5-3-6-11-23/h3,5-6,10-11,13-16,26-27H,4,7-9,12,17-22H2,1-2H3/t26-,27-/m1/s1. The monoisotopic (exact) mass is 449 g/mol. The zero-order valence-electron chi connectivity index (χ0n) is 20.3. The van der Waals surface area contributed by atoms with E-state index in [0.717, 1.165) is 39.0 Å². The molecular formula is C28H39N3O2. The van der Waals surface area contributed by atoms with Gasteiger partial charge in [-0.3, -0.25) is 9.69 Å². The first-order valence-electron chi connectivity index (χ1n) is 12.5. The van der Waals surface area contributed by atoms with Gasteiger partial charge < -0.3 is 14.5 Å². The molecule has 5 nitrogen and oxygen atoms in total. The average molecular weight is 450 g/mol. The van der Waals surface area contributed by atoms with Gasteiger partial charge in [0.25, 0.3) is 0 Å². The van der Waals surface area contributed by atoms with Crippen LogP contribution in [0.2, 0.25) is 0 Å². The lowest BCUT2D eigenvalue weighted by atomic mass is 9.87. The van der Waals surface area contributed by atoms with Crippen LogP contribution in [0.25, 0.3) is 0 Å². The third-order valence-corrected chi connectivity index (χ3v) is 7.23. The zero-order chi connectivity index (χ0) is 23.0. The first-order chi connectivity index (χ1) is 16.2. The normalized spacial score (nSPS) is 21.7. The third-order valence-electron chi connectivity index (χ3n) is 7.23. The smallest absolute Gasteiger partial charge is 0.227 e. The molecule has 5 heteroatoms. The number of anilines is 1. The number of amides is 1. The van der Waals surface area contributed by atoms with Crippen molar-refractivity contribution in [3.63, 3.8) is 0 Å². The molecule has 0 unspecified atom stereocenters. The number of methoxy groups -OCH3 is 1. The molecular weight excluding hydrogens is 410 g/mol. The Morgan fingerprint density at radius 3 is 2.36 bits per heavy atom. The van der Waals surface area contributed by atoms with E-state index in [9.17, 15) is 4.79 Å². The molecule has 0 N–H and O–H groups in total. The van der Waals surface area contributed by atoms with E-state index in [4.69, 9.17) is 4.74 Å². The Bertz CT molecular complexity index is 864. The van der Waals surface area contributed by atoms with Crippen LogP contribution in [0.5, 0.6) is 0 Å². The van der Waals surface area contributed by atoms with Gasteiger partial charge in [-0.05, 0) is 61.9 Å². The number of piperidine rings is 2. The highest BCUT2D eigenvalue weighted by atomic mass is 16.5. The second-order valence-corrected chi connectivity index (χ2v) is 9.64. The molecule has 4 rings (SSSR count). The SMILES string of the molecule is COC[C@@H]1[C@H](C(=O)N(C)Cc2ccc(N3CCCCC3)cc2)CCCN1Cc1ccccc1. The minimum absolute atomic E-state index is 0.0277. The number of rotatable bonds is 8. The zero-order valence-corrected chi connectivity index (χ0v) is 20.3. The minimum atomic E-state index is -0.0277. The molecule has 2 atom stereocenters. The van der Waals surface area contributed by atoms with Crippen LogP contribution in [-0.4, -0.2) is 62.1 Å². The molecule has 0 radical (unpaired) electrons. The molecule has 0 aromatic heterocycles. The van der Waals surface area contributed by atoms with E-state index >= 15 is 0 Å². The molecule has 0 spiro atoms. The van der Waals surface area contributed by atoms with Crippen LogP contribution in [0.1, 0.15) is 43.2 Å². The maximum Gasteiger partial charge on any atom is 0.227 e. The highest BCUT2D eigenvalue weighted by Crippen LogP contribution is 2.28. The van der Waals surface area contributed by atoms with Crippen LogP contribution in [0, 0.1) is 5.92 Å². The van der Waals surface area contributed by atoms with Gasteiger partial charge in [0.2, 0.25) is 5.91 Å². The molecule has 178 valence electrons. The van der Waals surface area contributed by atoms with E-state index in [2.05, 4.69) is 58.3 Å². The van der Waals surface area contributed by atoms with E-state index in [1.54, 1.807) is 7.11 Å². The predicted molar refractivity (Wildman–Crippen MR) is 134 cm³/mol. The number of carbonyl (C=O) groups is 1. The summed E-state index contributed by atoms with van der Waals surface area (Å²) in [6.07, 6.45) is 5.88. The fourth-order valence-electron chi connectivity index (χ4n) is 5.42. The van der Waals surface area contributed by atoms with Crippen LogP contribution in [0.15, 0.2) is 54.6 Å². The summed E-state index contributed by atoms with van der Waals surface area (Å²) in [5.41, 5.74) is 3.78. The quantitative estimate of drug-likeness (QED) is 0.592. The number of likely N-dealkylation sites (tertiary alicyclic amines) is 1. The number of hydrogen-bond acceptors (Lipinski definition) is 4. The molecule has 2 aliphatic heterocycles. The maximum absolute atomic E-state index is 13.5. The molecule has 2 aromatic carbocycles. The summed E-state index contributed by atoms with van der Waals surface area (Å²) in [4.78, 5) is 20.4. The second kappa shape index (κ2) is 11.7. The molecule has 2 fully saturated rings. The van der Waals surface area contributed by atoms with E-state index < -0.39 is 0 Å². The fourth-order valence-corrected chi connectivity index (χ4v) is 5.42. The lowest BCUT2D eigenvalue weighted by Crippen LogP contribution is -2.52. The largest absolute Gasteiger partial charge is 0.383 e. The average Bonchev–Trinajstić information content (AvgIpc) is 2.86. The van der Waals surface area contributed by atoms with Crippen LogP contribution in [-0.2, 0) is 22.6 Å². The summed E-state index contributed by atoms with van der Waals surface area (Å²) in [5.74, 6) is 0.204. The van der Waals surface area contributed by atoms with Gasteiger partial charge in [0.15, 0.2) is 0 Å². The van der Waals surface area contributed by atoms with Gasteiger partial charge in [-0.1, -0.05) is 42.5 Å². The summed E-state index contributed by atoms with van der Waals surface area (Å²) in [7, 11) is 3.69. The molecule has 0 aliphatic carbocycles. The van der Waals surface area contributed by atoms with Crippen LogP contribution >= 0.6 is 0 Å². The molecule has 2 aliphatic rings. The molecule has 2 heterocycles. The lowest BCUT2D eigenvalue weighted by molar-refractivity contribution is -0.140. The number of benzene rings is 2. The first kappa shape index (κ1) is 23.8. The number of nitrogens with zero attached hydrogens (tertiary/aromatic N) is 3. The second-order valence-electron chi connectivity index (χ2n) is 9.64. The highest BCUT2D eigenvalue weighted by Gasteiger charge is 2.37. The van der Waals surface area contributed by atoms with Crippen molar-refractivity contribution in [1.29, 1.82) is 0 Å². The third kappa shape index (κ3) is 6.15. The van der Waals surface area contributed by atoms with E-state index in [1.165, 1.54) is 36.1 Å². The van der Waals surface area contributed by atoms with Crippen LogP contribution < -0.4 is 4.90 Å². The molecule has 0 bridgehead atoms. The Hall–Kier alpha value is -2.37. The fraction of sp³-hybridized carbons (Fsp3) is 0.536. The summed E-state index contributed by atoms with van der Waals surface area (Å²) in [6, 6.07) is 19.4. The number of hydrogen-bond donors (Lipinski definition) is 0. The summed E-state index contributed by atoms with van der Waals surface area (Å²) < 4.78 is 5.58. The van der Waals surface area contributed by atoms with Crippen LogP contribution in [0.4, 0.5) is 5.69 Å². The van der Waals surface area contributed by atoms with Gasteiger partial charge in [-0.15, -0.1) is 0 Å². The van der Waals surface area contributed by atoms with Gasteiger partial charge in [-0.25, -0.2) is 0 Å². The van der Waals surface area contributed by atoms with Gasteiger partial charge in [0.05, 0.1) is 12.5 Å². The van der Waals surface area contributed by atoms with Crippen molar-refractivity contribution in [2.45, 2.75) is 51.2 Å². The predicted octanol–water partition coefficient (Wildman–Crippen LogP) is 4.56. The topological polar surface area (TPSA) is 36.0 Å². The van der Waals surface area contributed by atoms with Gasteiger partial charge in [0, 0.05) is 52.1 Å². The van der Waals surface area contributed by atoms with Gasteiger partial charge in [-0.2, -0.15) is 0 Å². The summed E-state index contributed by atoms with van der Waals surface area (Å²) in [6.45, 7) is 5.41. The Kier molecular flexibility index (Phi) is 8.40. The molecule has 33 heavy (non-hydrogen) atoms.